The lowest BCUT2D eigenvalue weighted by atomic mass is 10.2. The predicted octanol–water partition coefficient (Wildman–Crippen LogP) is 1.69. The Morgan fingerprint density at radius 1 is 1.20 bits per heavy atom. The van der Waals surface area contributed by atoms with Crippen LogP contribution in [0.2, 0.25) is 0 Å². The number of nitrogens with one attached hydrogen (secondary N) is 1. The van der Waals surface area contributed by atoms with Crippen LogP contribution >= 0.6 is 0 Å². The zero-order valence-corrected chi connectivity index (χ0v) is 10.6. The molecule has 0 radical (unpaired) electrons. The van der Waals surface area contributed by atoms with Crippen LogP contribution in [0.5, 0.6) is 11.5 Å². The summed E-state index contributed by atoms with van der Waals surface area (Å²) in [7, 11) is 0. The number of pyridine rings is 1. The molecule has 1 aliphatic rings. The molecule has 1 aromatic carbocycles. The lowest BCUT2D eigenvalue weighted by Gasteiger charge is -2.20. The minimum absolute atomic E-state index is 0.321. The fourth-order valence-corrected chi connectivity index (χ4v) is 1.90. The molecular formula is C14H13N3O3. The van der Waals surface area contributed by atoms with Crippen molar-refractivity contribution in [3.05, 3.63) is 42.2 Å². The number of amides is 1. The molecule has 6 heteroatoms. The Kier molecular flexibility index (Phi) is 3.12. The van der Waals surface area contributed by atoms with Gasteiger partial charge < -0.3 is 20.5 Å². The molecule has 1 amide bonds. The maximum Gasteiger partial charge on any atom is 0.274 e. The monoisotopic (exact) mass is 271 g/mol. The standard InChI is InChI=1S/C14H13N3O3/c15-9-7-12-13(20-6-5-19-12)8-11(9)17-14(18)10-3-1-2-4-16-10/h1-4,7-8H,5-6,15H2,(H,17,18). The number of rotatable bonds is 2. The number of fused-ring (bicyclic) bond motifs is 1. The molecular weight excluding hydrogens is 258 g/mol. The highest BCUT2D eigenvalue weighted by molar-refractivity contribution is 6.04. The number of nitrogen functional groups attached to an aromatic ring is 1. The van der Waals surface area contributed by atoms with Gasteiger partial charge in [-0.1, -0.05) is 6.07 Å². The average Bonchev–Trinajstić information content (AvgIpc) is 2.49. The second-order valence-electron chi connectivity index (χ2n) is 4.25. The van der Waals surface area contributed by atoms with Crippen molar-refractivity contribution in [3.63, 3.8) is 0 Å². The fourth-order valence-electron chi connectivity index (χ4n) is 1.90. The van der Waals surface area contributed by atoms with Gasteiger partial charge in [-0.25, -0.2) is 0 Å². The first kappa shape index (κ1) is 12.3. The van der Waals surface area contributed by atoms with Gasteiger partial charge in [0.25, 0.3) is 5.91 Å². The van der Waals surface area contributed by atoms with Crippen molar-refractivity contribution in [3.8, 4) is 11.5 Å². The molecule has 0 saturated carbocycles. The average molecular weight is 271 g/mol. The molecule has 3 rings (SSSR count). The Balaban J connectivity index is 1.86. The van der Waals surface area contributed by atoms with E-state index in [2.05, 4.69) is 10.3 Å². The molecule has 1 aliphatic heterocycles. The van der Waals surface area contributed by atoms with Crippen LogP contribution in [0.4, 0.5) is 11.4 Å². The number of nitrogens with zero attached hydrogens (tertiary/aromatic N) is 1. The Hall–Kier alpha value is -2.76. The van der Waals surface area contributed by atoms with Crippen molar-refractivity contribution in [2.75, 3.05) is 24.3 Å². The van der Waals surface area contributed by atoms with Gasteiger partial charge in [0.2, 0.25) is 0 Å². The second kappa shape index (κ2) is 5.08. The Morgan fingerprint density at radius 3 is 2.65 bits per heavy atom. The first-order valence-electron chi connectivity index (χ1n) is 6.15. The summed E-state index contributed by atoms with van der Waals surface area (Å²) < 4.78 is 10.9. The van der Waals surface area contributed by atoms with Crippen LogP contribution in [-0.2, 0) is 0 Å². The van der Waals surface area contributed by atoms with E-state index >= 15 is 0 Å². The van der Waals surface area contributed by atoms with Gasteiger partial charge in [0, 0.05) is 18.3 Å². The van der Waals surface area contributed by atoms with E-state index in [1.165, 1.54) is 0 Å². The molecule has 6 nitrogen and oxygen atoms in total. The third-order valence-corrected chi connectivity index (χ3v) is 2.86. The quantitative estimate of drug-likeness (QED) is 0.812. The molecule has 0 bridgehead atoms. The van der Waals surface area contributed by atoms with E-state index < -0.39 is 0 Å². The Bertz CT molecular complexity index is 644. The fraction of sp³-hybridized carbons (Fsp3) is 0.143. The van der Waals surface area contributed by atoms with Gasteiger partial charge in [0.15, 0.2) is 11.5 Å². The molecule has 0 spiro atoms. The largest absolute Gasteiger partial charge is 0.486 e. The highest BCUT2D eigenvalue weighted by Gasteiger charge is 2.16. The summed E-state index contributed by atoms with van der Waals surface area (Å²) in [4.78, 5) is 16.0. The van der Waals surface area contributed by atoms with Crippen molar-refractivity contribution in [2.24, 2.45) is 0 Å². The van der Waals surface area contributed by atoms with Gasteiger partial charge in [0.1, 0.15) is 18.9 Å². The molecule has 2 aromatic rings. The first-order chi connectivity index (χ1) is 9.74. The molecule has 3 N–H and O–H groups in total. The van der Waals surface area contributed by atoms with E-state index in [4.69, 9.17) is 15.2 Å². The lowest BCUT2D eigenvalue weighted by molar-refractivity contribution is 0.102. The molecule has 2 heterocycles. The van der Waals surface area contributed by atoms with Crippen LogP contribution in [-0.4, -0.2) is 24.1 Å². The molecule has 20 heavy (non-hydrogen) atoms. The zero-order chi connectivity index (χ0) is 13.9. The normalized spacial score (nSPS) is 12.8. The molecule has 1 aromatic heterocycles. The van der Waals surface area contributed by atoms with Gasteiger partial charge in [-0.3, -0.25) is 9.78 Å². The Labute approximate surface area is 115 Å². The van der Waals surface area contributed by atoms with Gasteiger partial charge in [-0.2, -0.15) is 0 Å². The summed E-state index contributed by atoms with van der Waals surface area (Å²) >= 11 is 0. The number of carbonyl (C=O) groups is 1. The van der Waals surface area contributed by atoms with Gasteiger partial charge in [-0.05, 0) is 12.1 Å². The third-order valence-electron chi connectivity index (χ3n) is 2.86. The number of anilines is 2. The minimum atomic E-state index is -0.325. The number of hydrogen-bond acceptors (Lipinski definition) is 5. The number of nitrogens with two attached hydrogens (primary N) is 1. The van der Waals surface area contributed by atoms with Crippen LogP contribution in [0, 0.1) is 0 Å². The minimum Gasteiger partial charge on any atom is -0.486 e. The predicted molar refractivity (Wildman–Crippen MR) is 74.0 cm³/mol. The van der Waals surface area contributed by atoms with Crippen LogP contribution in [0.25, 0.3) is 0 Å². The topological polar surface area (TPSA) is 86.5 Å². The summed E-state index contributed by atoms with van der Waals surface area (Å²) in [6.45, 7) is 0.969. The Morgan fingerprint density at radius 2 is 1.95 bits per heavy atom. The van der Waals surface area contributed by atoms with Crippen LogP contribution in [0.1, 0.15) is 10.5 Å². The molecule has 0 aliphatic carbocycles. The number of hydrogen-bond donors (Lipinski definition) is 2. The summed E-state index contributed by atoms with van der Waals surface area (Å²) in [6.07, 6.45) is 1.56. The maximum absolute atomic E-state index is 12.0. The highest BCUT2D eigenvalue weighted by atomic mass is 16.6. The van der Waals surface area contributed by atoms with Crippen molar-refractivity contribution in [1.82, 2.24) is 4.98 Å². The van der Waals surface area contributed by atoms with Crippen molar-refractivity contribution in [1.29, 1.82) is 0 Å². The zero-order valence-electron chi connectivity index (χ0n) is 10.6. The summed E-state index contributed by atoms with van der Waals surface area (Å²) in [6, 6.07) is 8.42. The van der Waals surface area contributed by atoms with E-state index in [1.807, 2.05) is 0 Å². The summed E-state index contributed by atoms with van der Waals surface area (Å²) in [5, 5.41) is 2.71. The van der Waals surface area contributed by atoms with E-state index in [0.29, 0.717) is 41.8 Å². The van der Waals surface area contributed by atoms with E-state index in [1.54, 1.807) is 36.5 Å². The number of ether oxygens (including phenoxy) is 2. The number of aromatic nitrogens is 1. The van der Waals surface area contributed by atoms with Crippen molar-refractivity contribution < 1.29 is 14.3 Å². The first-order valence-corrected chi connectivity index (χ1v) is 6.15. The van der Waals surface area contributed by atoms with Crippen LogP contribution in [0.3, 0.4) is 0 Å². The van der Waals surface area contributed by atoms with Crippen LogP contribution < -0.4 is 20.5 Å². The van der Waals surface area contributed by atoms with E-state index in [-0.39, 0.29) is 5.91 Å². The van der Waals surface area contributed by atoms with Gasteiger partial charge in [0.05, 0.1) is 11.4 Å². The van der Waals surface area contributed by atoms with Gasteiger partial charge >= 0.3 is 0 Å². The van der Waals surface area contributed by atoms with Crippen molar-refractivity contribution >= 4 is 17.3 Å². The lowest BCUT2D eigenvalue weighted by Crippen LogP contribution is -2.18. The van der Waals surface area contributed by atoms with Crippen molar-refractivity contribution in [2.45, 2.75) is 0 Å². The maximum atomic E-state index is 12.0. The van der Waals surface area contributed by atoms with E-state index in [9.17, 15) is 4.79 Å². The molecule has 0 fully saturated rings. The number of carbonyl (C=O) groups excluding carboxylic acids is 1. The summed E-state index contributed by atoms with van der Waals surface area (Å²) in [5.74, 6) is 0.834. The van der Waals surface area contributed by atoms with E-state index in [0.717, 1.165) is 0 Å². The molecule has 0 unspecified atom stereocenters. The molecule has 102 valence electrons. The number of benzene rings is 1. The summed E-state index contributed by atoms with van der Waals surface area (Å²) in [5.41, 5.74) is 7.11. The SMILES string of the molecule is Nc1cc2c(cc1NC(=O)c1ccccn1)OCCO2. The smallest absolute Gasteiger partial charge is 0.274 e. The van der Waals surface area contributed by atoms with Gasteiger partial charge in [-0.15, -0.1) is 0 Å². The second-order valence-corrected chi connectivity index (χ2v) is 4.25. The highest BCUT2D eigenvalue weighted by Crippen LogP contribution is 2.37. The van der Waals surface area contributed by atoms with Crippen LogP contribution in [0.15, 0.2) is 36.5 Å². The molecule has 0 atom stereocenters. The third kappa shape index (κ3) is 2.35. The molecule has 0 saturated heterocycles.